The van der Waals surface area contributed by atoms with Gasteiger partial charge in [0.2, 0.25) is 0 Å². The Balaban J connectivity index is 1.07. The molecule has 5 aliphatic carbocycles. The van der Waals surface area contributed by atoms with Crippen LogP contribution in [0.15, 0.2) is 186 Å². The molecule has 0 fully saturated rings. The minimum Gasteiger partial charge on any atom is -0.366 e. The predicted molar refractivity (Wildman–Crippen MR) is 261 cm³/mol. The second kappa shape index (κ2) is 16.1. The van der Waals surface area contributed by atoms with Gasteiger partial charge in [0, 0.05) is 55.2 Å². The van der Waals surface area contributed by atoms with Crippen molar-refractivity contribution in [3.05, 3.63) is 213 Å². The summed E-state index contributed by atoms with van der Waals surface area (Å²) < 4.78 is 2.71. The van der Waals surface area contributed by atoms with Gasteiger partial charge in [0.25, 0.3) is 0 Å². The molecule has 0 saturated carbocycles. The van der Waals surface area contributed by atoms with Crippen molar-refractivity contribution < 1.29 is 0 Å². The average molecular weight is 824 g/mol. The van der Waals surface area contributed by atoms with Crippen molar-refractivity contribution in [3.8, 4) is 0 Å². The van der Waals surface area contributed by atoms with Gasteiger partial charge in [-0.1, -0.05) is 181 Å². The lowest BCUT2D eigenvalue weighted by atomic mass is 9.71. The monoisotopic (exact) mass is 823 g/mol. The summed E-state index contributed by atoms with van der Waals surface area (Å²) in [6, 6.07) is 37.8. The molecular weight excluding hydrogens is 771 g/mol. The summed E-state index contributed by atoms with van der Waals surface area (Å²) in [5, 5.41) is 12.7. The number of thioether (sulfide) groups is 1. The fraction of sp³-hybridized carbons (Fsp3) is 0.241. The van der Waals surface area contributed by atoms with Crippen molar-refractivity contribution >= 4 is 51.8 Å². The molecule has 1 aromatic heterocycles. The highest BCUT2D eigenvalue weighted by molar-refractivity contribution is 8.00. The van der Waals surface area contributed by atoms with Crippen LogP contribution < -0.4 is 21.2 Å². The van der Waals surface area contributed by atoms with Crippen LogP contribution in [-0.4, -0.2) is 15.9 Å². The molecule has 2 N–H and O–H groups in total. The van der Waals surface area contributed by atoms with Crippen molar-refractivity contribution in [1.29, 1.82) is 0 Å². The van der Waals surface area contributed by atoms with Crippen molar-refractivity contribution in [1.82, 2.24) is 15.2 Å². The van der Waals surface area contributed by atoms with E-state index in [0.29, 0.717) is 17.1 Å². The molecule has 5 aromatic rings. The van der Waals surface area contributed by atoms with E-state index < -0.39 is 0 Å². The minimum atomic E-state index is -0.0673. The molecule has 306 valence electrons. The minimum absolute atomic E-state index is 0.0510. The van der Waals surface area contributed by atoms with Gasteiger partial charge >= 0.3 is 0 Å². The molecule has 62 heavy (non-hydrogen) atoms. The van der Waals surface area contributed by atoms with Gasteiger partial charge in [-0.2, -0.15) is 0 Å². The smallest absolute Gasteiger partial charge is 0.104 e. The highest BCUT2D eigenvalue weighted by Crippen LogP contribution is 2.52. The number of benzene rings is 4. The van der Waals surface area contributed by atoms with Crippen LogP contribution >= 0.6 is 11.8 Å². The van der Waals surface area contributed by atoms with Crippen molar-refractivity contribution in [2.24, 2.45) is 11.8 Å². The van der Waals surface area contributed by atoms with E-state index in [0.717, 1.165) is 25.7 Å². The fourth-order valence-electron chi connectivity index (χ4n) is 11.4. The van der Waals surface area contributed by atoms with Crippen LogP contribution in [0.25, 0.3) is 40.0 Å². The van der Waals surface area contributed by atoms with Gasteiger partial charge < -0.3 is 9.88 Å². The zero-order valence-corrected chi connectivity index (χ0v) is 36.0. The molecule has 2 aliphatic heterocycles. The molecule has 7 aliphatic rings. The third-order valence-electron chi connectivity index (χ3n) is 14.4. The van der Waals surface area contributed by atoms with Crippen LogP contribution in [0.1, 0.15) is 85.7 Å². The first-order valence-electron chi connectivity index (χ1n) is 23.1. The number of fused-ring (bicyclic) bond motifs is 7. The number of allylic oxidation sites excluding steroid dienone is 11. The predicted octanol–water partition coefficient (Wildman–Crippen LogP) is 12.3. The van der Waals surface area contributed by atoms with E-state index in [2.05, 4.69) is 203 Å². The number of nitrogens with zero attached hydrogens (tertiary/aromatic N) is 1. The molecule has 3 nitrogen and oxygen atoms in total. The first-order valence-corrected chi connectivity index (χ1v) is 24.0. The quantitative estimate of drug-likeness (QED) is 0.160. The summed E-state index contributed by atoms with van der Waals surface area (Å²) in [5.74, 6) is 1.10. The SMILES string of the molecule is C1=CC2Sc3c(ccc4c5c(n(C6=CCC(C7=CC(c8ccccc8)=CCC7C7=CCCCC7)C=C6C6C=C(c7ccccc7)NC(c7ccccc7)N6)c34)=CCCC=5)C2C=C1. The molecule has 0 spiro atoms. The highest BCUT2D eigenvalue weighted by atomic mass is 32.2. The Labute approximate surface area is 370 Å². The number of hydrogen-bond donors (Lipinski definition) is 2. The van der Waals surface area contributed by atoms with E-state index in [1.165, 1.54) is 96.8 Å². The number of rotatable bonds is 7. The van der Waals surface area contributed by atoms with Crippen LogP contribution in [0.2, 0.25) is 0 Å². The number of hydrogen-bond acceptors (Lipinski definition) is 3. The molecule has 12 rings (SSSR count). The number of nitrogens with one attached hydrogen (secondary N) is 2. The molecular formula is C58H53N3S. The molecule has 4 aromatic carbocycles. The molecule has 0 radical (unpaired) electrons. The van der Waals surface area contributed by atoms with E-state index >= 15 is 0 Å². The molecule has 0 bridgehead atoms. The van der Waals surface area contributed by atoms with Crippen molar-refractivity contribution in [2.45, 2.75) is 79.6 Å². The van der Waals surface area contributed by atoms with Gasteiger partial charge in [-0.3, -0.25) is 5.32 Å². The van der Waals surface area contributed by atoms with Gasteiger partial charge in [0.15, 0.2) is 0 Å². The molecule has 0 saturated heterocycles. The van der Waals surface area contributed by atoms with E-state index in [9.17, 15) is 0 Å². The van der Waals surface area contributed by atoms with Crippen LogP contribution in [0, 0.1) is 11.8 Å². The third-order valence-corrected chi connectivity index (χ3v) is 15.8. The summed E-state index contributed by atoms with van der Waals surface area (Å²) in [5.41, 5.74) is 15.1. The molecule has 6 atom stereocenters. The largest absolute Gasteiger partial charge is 0.366 e. The van der Waals surface area contributed by atoms with Crippen molar-refractivity contribution in [3.63, 3.8) is 0 Å². The van der Waals surface area contributed by atoms with Crippen molar-refractivity contribution in [2.75, 3.05) is 0 Å². The lowest BCUT2D eigenvalue weighted by Gasteiger charge is -2.38. The van der Waals surface area contributed by atoms with Crippen LogP contribution in [0.3, 0.4) is 0 Å². The Morgan fingerprint density at radius 1 is 0.677 bits per heavy atom. The van der Waals surface area contributed by atoms with E-state index in [-0.39, 0.29) is 18.1 Å². The molecule has 0 amide bonds. The van der Waals surface area contributed by atoms with Gasteiger partial charge in [-0.15, -0.1) is 11.8 Å². The highest BCUT2D eigenvalue weighted by Gasteiger charge is 2.37. The third kappa shape index (κ3) is 6.71. The summed E-state index contributed by atoms with van der Waals surface area (Å²) in [6.45, 7) is 0. The summed E-state index contributed by atoms with van der Waals surface area (Å²) >= 11 is 2.07. The lowest BCUT2D eigenvalue weighted by molar-refractivity contribution is 0.460. The summed E-state index contributed by atoms with van der Waals surface area (Å²) in [4.78, 5) is 1.45. The zero-order chi connectivity index (χ0) is 41.0. The molecule has 3 heterocycles. The van der Waals surface area contributed by atoms with Crippen LogP contribution in [0.5, 0.6) is 0 Å². The summed E-state index contributed by atoms with van der Waals surface area (Å²) in [6.07, 6.45) is 39.0. The normalized spacial score (nSPS) is 26.3. The first kappa shape index (κ1) is 37.9. The maximum atomic E-state index is 4.19. The second-order valence-corrected chi connectivity index (χ2v) is 19.2. The van der Waals surface area contributed by atoms with Gasteiger partial charge in [0.1, 0.15) is 6.17 Å². The summed E-state index contributed by atoms with van der Waals surface area (Å²) in [7, 11) is 0. The van der Waals surface area contributed by atoms with Gasteiger partial charge in [-0.25, -0.2) is 0 Å². The van der Waals surface area contributed by atoms with Crippen LogP contribution in [0.4, 0.5) is 0 Å². The molecule has 4 heteroatoms. The lowest BCUT2D eigenvalue weighted by Crippen LogP contribution is -2.45. The van der Waals surface area contributed by atoms with Gasteiger partial charge in [0.05, 0.1) is 11.6 Å². The topological polar surface area (TPSA) is 29.0 Å². The fourth-order valence-corrected chi connectivity index (χ4v) is 12.8. The molecule has 6 unspecified atom stereocenters. The Hall–Kier alpha value is -5.81. The first-order chi connectivity index (χ1) is 30.7. The van der Waals surface area contributed by atoms with Crippen LogP contribution in [-0.2, 0) is 0 Å². The van der Waals surface area contributed by atoms with E-state index in [4.69, 9.17) is 0 Å². The Morgan fingerprint density at radius 3 is 2.29 bits per heavy atom. The average Bonchev–Trinajstić information content (AvgIpc) is 3.91. The zero-order valence-electron chi connectivity index (χ0n) is 35.2. The maximum Gasteiger partial charge on any atom is 0.104 e. The van der Waals surface area contributed by atoms with E-state index in [1.807, 2.05) is 0 Å². The number of aromatic nitrogens is 1. The van der Waals surface area contributed by atoms with E-state index in [1.54, 1.807) is 11.1 Å². The Kier molecular flexibility index (Phi) is 9.87. The standard InChI is InChI=1S/C58H53N3S/c1-5-17-38(18-6-1)42-29-31-44(39-19-7-2-8-20-39)49(35-42)43-30-34-54(50(36-43)52-37-51(40-21-9-3-10-22-40)59-58(60-52)41-23-11-4-12-24-41)61-53-27-15-13-25-45(53)47-32-33-48-46-26-14-16-28-55(46)62-57(48)56(47)61/h1,3-6,9-12,14,16-19,21-29,32-37,43-44,46,52,55,58-60H,2,7-8,13,15,20,30-31H2. The Morgan fingerprint density at radius 2 is 1.47 bits per heavy atom. The second-order valence-electron chi connectivity index (χ2n) is 18.0. The maximum absolute atomic E-state index is 4.19. The Bertz CT molecular complexity index is 2950. The van der Waals surface area contributed by atoms with Gasteiger partial charge in [-0.05, 0) is 90.8 Å².